The molecular weight excluding hydrogens is 314 g/mol. The topological polar surface area (TPSA) is 109 Å². The minimum Gasteiger partial charge on any atom is -0.394 e. The highest BCUT2D eigenvalue weighted by molar-refractivity contribution is 5.24. The van der Waals surface area contributed by atoms with Gasteiger partial charge in [0.05, 0.1) is 6.61 Å². The van der Waals surface area contributed by atoms with Gasteiger partial charge < -0.3 is 25.1 Å². The zero-order valence-electron chi connectivity index (χ0n) is 12.7. The molecule has 0 radical (unpaired) electrons. The van der Waals surface area contributed by atoms with Gasteiger partial charge in [0.2, 0.25) is 0 Å². The molecule has 2 fully saturated rings. The summed E-state index contributed by atoms with van der Waals surface area (Å²) in [6.45, 7) is -0.236. The molecule has 0 spiro atoms. The number of aromatic nitrogens is 2. The van der Waals surface area contributed by atoms with E-state index in [0.29, 0.717) is 0 Å². The van der Waals surface area contributed by atoms with Crippen LogP contribution in [0.3, 0.4) is 0 Å². The lowest BCUT2D eigenvalue weighted by Crippen LogP contribution is -2.34. The number of rotatable bonds is 3. The molecule has 1 aromatic heterocycles. The lowest BCUT2D eigenvalue weighted by Gasteiger charge is -2.20. The van der Waals surface area contributed by atoms with E-state index in [9.17, 15) is 9.90 Å². The normalized spacial score (nSPS) is 32.0. The Kier molecular flexibility index (Phi) is 3.81. The van der Waals surface area contributed by atoms with Gasteiger partial charge in [-0.15, -0.1) is 0 Å². The Morgan fingerprint density at radius 2 is 1.88 bits per heavy atom. The first-order chi connectivity index (χ1) is 11.7. The van der Waals surface area contributed by atoms with Crippen molar-refractivity contribution in [3.8, 4) is 0 Å². The van der Waals surface area contributed by atoms with Crippen molar-refractivity contribution in [1.82, 2.24) is 9.55 Å². The van der Waals surface area contributed by atoms with E-state index in [2.05, 4.69) is 4.98 Å². The van der Waals surface area contributed by atoms with Crippen LogP contribution in [0.1, 0.15) is 18.1 Å². The lowest BCUT2D eigenvalue weighted by molar-refractivity contribution is -0.155. The summed E-state index contributed by atoms with van der Waals surface area (Å²) in [5.41, 5.74) is 5.85. The van der Waals surface area contributed by atoms with Crippen LogP contribution in [0, 0.1) is 0 Å². The molecule has 4 rings (SSSR count). The standard InChI is InChI=1S/C16H17N3O5/c17-11-6-7-19(16(21)18-11)14-13-12(10(8-20)22-14)23-15(24-13)9-4-2-1-3-5-9/h1-7,10,12-15,20H,8H2,(H2,17,18,21). The molecule has 8 nitrogen and oxygen atoms in total. The van der Waals surface area contributed by atoms with Crippen molar-refractivity contribution in [3.63, 3.8) is 0 Å². The van der Waals surface area contributed by atoms with Gasteiger partial charge in [-0.3, -0.25) is 4.57 Å². The molecular formula is C16H17N3O5. The van der Waals surface area contributed by atoms with Crippen LogP contribution in [-0.4, -0.2) is 39.6 Å². The monoisotopic (exact) mass is 331 g/mol. The molecule has 5 unspecified atom stereocenters. The van der Waals surface area contributed by atoms with Crippen LogP contribution >= 0.6 is 0 Å². The molecule has 2 saturated heterocycles. The summed E-state index contributed by atoms with van der Waals surface area (Å²) in [7, 11) is 0. The average Bonchev–Trinajstić information content (AvgIpc) is 3.15. The van der Waals surface area contributed by atoms with E-state index in [1.54, 1.807) is 0 Å². The van der Waals surface area contributed by atoms with Crippen molar-refractivity contribution >= 4 is 5.82 Å². The van der Waals surface area contributed by atoms with Gasteiger partial charge in [0, 0.05) is 11.8 Å². The Morgan fingerprint density at radius 3 is 2.58 bits per heavy atom. The number of aliphatic hydroxyl groups is 1. The first-order valence-corrected chi connectivity index (χ1v) is 7.64. The smallest absolute Gasteiger partial charge is 0.351 e. The molecule has 2 aliphatic rings. The van der Waals surface area contributed by atoms with Gasteiger partial charge in [0.25, 0.3) is 0 Å². The van der Waals surface area contributed by atoms with E-state index >= 15 is 0 Å². The van der Waals surface area contributed by atoms with E-state index in [-0.39, 0.29) is 12.4 Å². The molecule has 3 N–H and O–H groups in total. The molecule has 126 valence electrons. The van der Waals surface area contributed by atoms with E-state index < -0.39 is 36.5 Å². The average molecular weight is 331 g/mol. The van der Waals surface area contributed by atoms with Gasteiger partial charge in [0.1, 0.15) is 24.1 Å². The fraction of sp³-hybridized carbons (Fsp3) is 0.375. The third kappa shape index (κ3) is 2.49. The highest BCUT2D eigenvalue weighted by Gasteiger charge is 2.53. The number of hydrogen-bond acceptors (Lipinski definition) is 7. The quantitative estimate of drug-likeness (QED) is 0.827. The van der Waals surface area contributed by atoms with Crippen molar-refractivity contribution in [2.24, 2.45) is 0 Å². The molecule has 2 aliphatic heterocycles. The summed E-state index contributed by atoms with van der Waals surface area (Å²) in [4.78, 5) is 15.8. The van der Waals surface area contributed by atoms with Crippen LogP contribution in [0.2, 0.25) is 0 Å². The van der Waals surface area contributed by atoms with Gasteiger partial charge in [-0.25, -0.2) is 4.79 Å². The Labute approximate surface area is 137 Å². The number of benzene rings is 1. The molecule has 0 saturated carbocycles. The van der Waals surface area contributed by atoms with Gasteiger partial charge in [-0.2, -0.15) is 4.98 Å². The molecule has 0 aliphatic carbocycles. The number of nitrogens with zero attached hydrogens (tertiary/aromatic N) is 2. The second-order valence-electron chi connectivity index (χ2n) is 5.73. The second-order valence-corrected chi connectivity index (χ2v) is 5.73. The maximum atomic E-state index is 12.1. The maximum Gasteiger partial charge on any atom is 0.351 e. The fourth-order valence-corrected chi connectivity index (χ4v) is 3.09. The summed E-state index contributed by atoms with van der Waals surface area (Å²) in [5, 5.41) is 9.56. The second kappa shape index (κ2) is 5.99. The van der Waals surface area contributed by atoms with Crippen molar-refractivity contribution in [2.45, 2.75) is 30.8 Å². The predicted octanol–water partition coefficient (Wildman–Crippen LogP) is 0.198. The summed E-state index contributed by atoms with van der Waals surface area (Å²) in [6.07, 6.45) is -1.39. The Morgan fingerprint density at radius 1 is 1.12 bits per heavy atom. The zero-order valence-corrected chi connectivity index (χ0v) is 12.7. The summed E-state index contributed by atoms with van der Waals surface area (Å²) in [6, 6.07) is 11.0. The van der Waals surface area contributed by atoms with Gasteiger partial charge in [0.15, 0.2) is 12.5 Å². The number of hydrogen-bond donors (Lipinski definition) is 2. The number of ether oxygens (including phenoxy) is 3. The van der Waals surface area contributed by atoms with Gasteiger partial charge >= 0.3 is 5.69 Å². The van der Waals surface area contributed by atoms with E-state index in [1.807, 2.05) is 30.3 Å². The molecule has 5 atom stereocenters. The first kappa shape index (κ1) is 15.3. The number of anilines is 1. The Bertz CT molecular complexity index is 781. The van der Waals surface area contributed by atoms with Crippen molar-refractivity contribution in [1.29, 1.82) is 0 Å². The van der Waals surface area contributed by atoms with Gasteiger partial charge in [-0.05, 0) is 6.07 Å². The Hall–Kier alpha value is -2.26. The van der Waals surface area contributed by atoms with Crippen LogP contribution in [0.25, 0.3) is 0 Å². The first-order valence-electron chi connectivity index (χ1n) is 7.64. The molecule has 3 heterocycles. The van der Waals surface area contributed by atoms with Crippen LogP contribution in [0.5, 0.6) is 0 Å². The van der Waals surface area contributed by atoms with E-state index in [0.717, 1.165) is 5.56 Å². The van der Waals surface area contributed by atoms with E-state index in [4.69, 9.17) is 19.9 Å². The van der Waals surface area contributed by atoms with Crippen LogP contribution in [0.4, 0.5) is 5.82 Å². The van der Waals surface area contributed by atoms with Crippen LogP contribution < -0.4 is 11.4 Å². The summed E-state index contributed by atoms with van der Waals surface area (Å²) >= 11 is 0. The van der Waals surface area contributed by atoms with Crippen molar-refractivity contribution in [2.75, 3.05) is 12.3 Å². The zero-order chi connectivity index (χ0) is 16.7. The van der Waals surface area contributed by atoms with Crippen LogP contribution in [-0.2, 0) is 14.2 Å². The summed E-state index contributed by atoms with van der Waals surface area (Å²) < 4.78 is 19.0. The largest absolute Gasteiger partial charge is 0.394 e. The number of fused-ring (bicyclic) bond motifs is 1. The highest BCUT2D eigenvalue weighted by atomic mass is 16.8. The third-order valence-electron chi connectivity index (χ3n) is 4.22. The minimum atomic E-state index is -0.735. The SMILES string of the molecule is Nc1ccn(C2OC(CO)C3OC(c4ccccc4)OC32)c(=O)n1. The van der Waals surface area contributed by atoms with E-state index in [1.165, 1.54) is 16.8 Å². The lowest BCUT2D eigenvalue weighted by atomic mass is 10.1. The van der Waals surface area contributed by atoms with Gasteiger partial charge in [-0.1, -0.05) is 30.3 Å². The molecule has 2 aromatic rings. The molecule has 0 amide bonds. The van der Waals surface area contributed by atoms with Crippen molar-refractivity contribution < 1.29 is 19.3 Å². The number of nitrogen functional groups attached to an aromatic ring is 1. The Balaban J connectivity index is 1.65. The third-order valence-corrected chi connectivity index (χ3v) is 4.22. The molecule has 8 heteroatoms. The molecule has 1 aromatic carbocycles. The summed E-state index contributed by atoms with van der Waals surface area (Å²) in [5.74, 6) is 0.134. The number of nitrogens with two attached hydrogens (primary N) is 1. The van der Waals surface area contributed by atoms with Crippen molar-refractivity contribution in [3.05, 3.63) is 58.6 Å². The number of aliphatic hydroxyl groups excluding tert-OH is 1. The fourth-order valence-electron chi connectivity index (χ4n) is 3.09. The molecule has 24 heavy (non-hydrogen) atoms. The minimum absolute atomic E-state index is 0.134. The van der Waals surface area contributed by atoms with Crippen LogP contribution in [0.15, 0.2) is 47.4 Å². The maximum absolute atomic E-state index is 12.1. The highest BCUT2D eigenvalue weighted by Crippen LogP contribution is 2.43. The predicted molar refractivity (Wildman–Crippen MR) is 82.8 cm³/mol. The molecule has 0 bridgehead atoms.